The molecule has 6 aromatic rings. The number of rotatable bonds is 10. The molecular formula is C54H55F3N6O13S. The van der Waals surface area contributed by atoms with Crippen molar-refractivity contribution in [2.24, 2.45) is 5.73 Å². The predicted molar refractivity (Wildman–Crippen MR) is 270 cm³/mol. The Morgan fingerprint density at radius 3 is 2.13 bits per heavy atom. The maximum absolute atomic E-state index is 13.3. The second-order valence-electron chi connectivity index (χ2n) is 18.9. The van der Waals surface area contributed by atoms with E-state index in [0.717, 1.165) is 11.1 Å². The van der Waals surface area contributed by atoms with Crippen LogP contribution in [0.5, 0.6) is 17.2 Å². The number of Topliss-reactive ketones (excluding diaryl/α,β-unsaturated/α-hetero) is 1. The number of hydrogen-bond acceptors (Lipinski definition) is 16. The van der Waals surface area contributed by atoms with E-state index >= 15 is 0 Å². The van der Waals surface area contributed by atoms with Crippen LogP contribution in [0.1, 0.15) is 106 Å². The molecule has 4 aliphatic rings. The minimum absolute atomic E-state index is 0.00588. The second-order valence-corrected chi connectivity index (χ2v) is 20.3. The number of carbonyl (C=O) groups is 5. The van der Waals surface area contributed by atoms with E-state index in [1.165, 1.54) is 31.3 Å². The molecular weight excluding hydrogens is 1030 g/mol. The SMILES string of the molecule is CC(=O)[C@]1(O)Cc2c(O)c3c(c(O)c2[C@@H](O[C@H]2C[C@H](N)[C@H](O)[C@H](C)O2)C1)C(=O)c1ccccc1C3=O.CCC1(c2ccccc2)C(=O)NCNC1=O.Cc1c(OCC(F)(F)F)ccnc1CS(=O)c1nc2ccccc2[nH]1. The fraction of sp³-hybridized carbons (Fsp3) is 0.352. The summed E-state index contributed by atoms with van der Waals surface area (Å²) in [7, 11) is -1.51. The van der Waals surface area contributed by atoms with E-state index in [1.807, 2.05) is 55.5 Å². The molecule has 77 heavy (non-hydrogen) atoms. The number of aromatic amines is 1. The van der Waals surface area contributed by atoms with Gasteiger partial charge in [0.2, 0.25) is 11.8 Å². The summed E-state index contributed by atoms with van der Waals surface area (Å²) in [5.74, 6) is -3.40. The number of aromatic nitrogens is 3. The van der Waals surface area contributed by atoms with Crippen LogP contribution in [0.15, 0.2) is 96.3 Å². The van der Waals surface area contributed by atoms with Gasteiger partial charge in [-0.2, -0.15) is 13.2 Å². The number of aliphatic hydroxyl groups excluding tert-OH is 1. The summed E-state index contributed by atoms with van der Waals surface area (Å²) in [5, 5.41) is 49.5. The van der Waals surface area contributed by atoms with Crippen LogP contribution < -0.4 is 21.1 Å². The molecule has 0 radical (unpaired) electrons. The summed E-state index contributed by atoms with van der Waals surface area (Å²) in [5.41, 5.74) is 5.33. The number of nitrogens with two attached hydrogens (primary N) is 1. The van der Waals surface area contributed by atoms with Gasteiger partial charge in [-0.3, -0.25) is 33.2 Å². The Bertz CT molecular complexity index is 3240. The first kappa shape index (κ1) is 55.8. The van der Waals surface area contributed by atoms with Crippen molar-refractivity contribution in [2.75, 3.05) is 13.3 Å². The van der Waals surface area contributed by atoms with Crippen molar-refractivity contribution in [1.29, 1.82) is 0 Å². The molecule has 406 valence electrons. The number of alkyl halides is 3. The van der Waals surface area contributed by atoms with Crippen LogP contribution in [0.4, 0.5) is 13.2 Å². The van der Waals surface area contributed by atoms with Crippen LogP contribution in [-0.4, -0.2) is 118 Å². The first-order chi connectivity index (χ1) is 36.5. The van der Waals surface area contributed by atoms with Gasteiger partial charge in [-0.25, -0.2) is 4.98 Å². The molecule has 4 heterocycles. The van der Waals surface area contributed by atoms with Crippen LogP contribution >= 0.6 is 0 Å². The first-order valence-corrected chi connectivity index (χ1v) is 25.7. The number of ketones is 3. The number of amides is 2. The van der Waals surface area contributed by atoms with Crippen LogP contribution in [0.25, 0.3) is 11.0 Å². The van der Waals surface area contributed by atoms with Gasteiger partial charge in [0.25, 0.3) is 0 Å². The van der Waals surface area contributed by atoms with Crippen molar-refractivity contribution < 1.29 is 76.0 Å². The number of hydrogen-bond donors (Lipinski definition) is 8. The lowest BCUT2D eigenvalue weighted by Gasteiger charge is -2.42. The molecule has 4 aromatic carbocycles. The number of imidazole rings is 1. The van der Waals surface area contributed by atoms with Gasteiger partial charge in [0.05, 0.1) is 69.4 Å². The number of halogens is 3. The molecule has 0 spiro atoms. The first-order valence-electron chi connectivity index (χ1n) is 24.4. The highest BCUT2D eigenvalue weighted by Gasteiger charge is 2.50. The van der Waals surface area contributed by atoms with Gasteiger partial charge < -0.3 is 56.0 Å². The van der Waals surface area contributed by atoms with E-state index in [9.17, 15) is 61.8 Å². The smallest absolute Gasteiger partial charge is 0.422 e. The number of ether oxygens (including phenoxy) is 3. The summed E-state index contributed by atoms with van der Waals surface area (Å²) in [6.07, 6.45) is -7.01. The standard InChI is InChI=1S/C26H27NO9.C16H14F3N3O2S.C12H14N2O2/c1-10-21(29)15(27)7-17(35-10)36-16-9-26(34,11(2)28)8-14-18(16)25(33)20-19(24(14)32)22(30)12-5-3-4-6-13(12)23(20)31;1-10-13(20-7-6-14(10)24-9-16(17,18)19)8-25(23)15-21-11-4-2-3-5-12(11)22-15;1-2-12(9-6-4-3-5-7-9)10(15)13-8-14-11(12)16/h3-6,10,15-17,21,29,32-34H,7-9,27H2,1-2H3;2-7H,8-9H2,1H3,(H,21,22);3-7H,2,8H2,1H3,(H,13,15)(H,14,16)/t10-,15-,16-,17-,21+,26-;;/m0../s1. The summed E-state index contributed by atoms with van der Waals surface area (Å²) in [4.78, 5) is 74.3. The molecule has 2 aliphatic heterocycles. The Kier molecular flexibility index (Phi) is 16.1. The third kappa shape index (κ3) is 11.1. The highest BCUT2D eigenvalue weighted by atomic mass is 32.2. The van der Waals surface area contributed by atoms with Crippen molar-refractivity contribution in [3.8, 4) is 17.2 Å². The van der Waals surface area contributed by atoms with E-state index in [4.69, 9.17) is 19.9 Å². The van der Waals surface area contributed by atoms with Gasteiger partial charge in [-0.05, 0) is 51.0 Å². The van der Waals surface area contributed by atoms with Crippen LogP contribution in [0.2, 0.25) is 0 Å². The van der Waals surface area contributed by atoms with Crippen LogP contribution in [-0.2, 0) is 52.2 Å². The van der Waals surface area contributed by atoms with Crippen molar-refractivity contribution in [3.63, 3.8) is 0 Å². The van der Waals surface area contributed by atoms with Crippen molar-refractivity contribution >= 4 is 51.0 Å². The number of aromatic hydroxyl groups is 2. The normalized spacial score (nSPS) is 22.9. The molecule has 19 nitrogen and oxygen atoms in total. The molecule has 2 amide bonds. The molecule has 2 fully saturated rings. The number of nitrogens with zero attached hydrogens (tertiary/aromatic N) is 2. The molecule has 2 aromatic heterocycles. The maximum atomic E-state index is 13.3. The molecule has 23 heteroatoms. The van der Waals surface area contributed by atoms with Gasteiger partial charge in [-0.15, -0.1) is 0 Å². The zero-order chi connectivity index (χ0) is 55.7. The zero-order valence-electron chi connectivity index (χ0n) is 42.0. The molecule has 7 atom stereocenters. The Morgan fingerprint density at radius 1 is 0.922 bits per heavy atom. The molecule has 1 unspecified atom stereocenters. The lowest BCUT2D eigenvalue weighted by atomic mass is 9.72. The van der Waals surface area contributed by atoms with Crippen molar-refractivity contribution in [2.45, 2.75) is 112 Å². The number of nitrogens with one attached hydrogen (secondary N) is 3. The fourth-order valence-electron chi connectivity index (χ4n) is 9.79. The monoisotopic (exact) mass is 1080 g/mol. The number of pyridine rings is 1. The lowest BCUT2D eigenvalue weighted by Crippen LogP contribution is -2.62. The Balaban J connectivity index is 0.000000166. The van der Waals surface area contributed by atoms with E-state index in [-0.39, 0.29) is 76.2 Å². The Labute approximate surface area is 440 Å². The van der Waals surface area contributed by atoms with Crippen LogP contribution in [0, 0.1) is 6.92 Å². The Morgan fingerprint density at radius 2 is 1.53 bits per heavy atom. The molecule has 0 saturated carbocycles. The average molecular weight is 1090 g/mol. The van der Waals surface area contributed by atoms with Gasteiger partial charge >= 0.3 is 6.18 Å². The number of para-hydroxylation sites is 2. The van der Waals surface area contributed by atoms with E-state index in [2.05, 4.69) is 25.6 Å². The second kappa shape index (κ2) is 22.3. The van der Waals surface area contributed by atoms with Gasteiger partial charge in [0, 0.05) is 59.3 Å². The molecule has 9 N–H and O–H groups in total. The molecule has 2 aliphatic carbocycles. The lowest BCUT2D eigenvalue weighted by molar-refractivity contribution is -0.247. The summed E-state index contributed by atoms with van der Waals surface area (Å²) in [6, 6.07) is 23.2. The number of aliphatic hydroxyl groups is 2. The van der Waals surface area contributed by atoms with Gasteiger partial charge in [0.15, 0.2) is 40.8 Å². The number of phenols is 2. The average Bonchev–Trinajstić information content (AvgIpc) is 3.85. The maximum Gasteiger partial charge on any atom is 0.422 e. The summed E-state index contributed by atoms with van der Waals surface area (Å²) in [6.45, 7) is 5.06. The predicted octanol–water partition coefficient (Wildman–Crippen LogP) is 5.07. The number of H-pyrrole nitrogens is 1. The van der Waals surface area contributed by atoms with Crippen molar-refractivity contribution in [1.82, 2.24) is 25.6 Å². The fourth-order valence-corrected chi connectivity index (χ4v) is 10.9. The largest absolute Gasteiger partial charge is 0.507 e. The quantitative estimate of drug-likeness (QED) is 0.0655. The number of carbonyl (C=O) groups excluding carboxylic acids is 5. The molecule has 2 saturated heterocycles. The van der Waals surface area contributed by atoms with Gasteiger partial charge in [0.1, 0.15) is 22.8 Å². The van der Waals surface area contributed by atoms with Crippen molar-refractivity contribution in [3.05, 3.63) is 141 Å². The number of benzene rings is 4. The minimum Gasteiger partial charge on any atom is -0.507 e. The number of fused-ring (bicyclic) bond motifs is 4. The third-order valence-corrected chi connectivity index (χ3v) is 15.2. The minimum atomic E-state index is -4.42. The Hall–Kier alpha value is -7.41. The third-order valence-electron chi connectivity index (χ3n) is 14.1. The summed E-state index contributed by atoms with van der Waals surface area (Å²) < 4.78 is 66.0. The molecule has 10 rings (SSSR count). The summed E-state index contributed by atoms with van der Waals surface area (Å²) >= 11 is 0. The zero-order valence-corrected chi connectivity index (χ0v) is 42.8. The van der Waals surface area contributed by atoms with E-state index in [1.54, 1.807) is 32.0 Å². The number of phenolic OH excluding ortho intramolecular Hbond substituents is 2. The van der Waals surface area contributed by atoms with E-state index < -0.39 is 101 Å². The topological polar surface area (TPSA) is 303 Å². The van der Waals surface area contributed by atoms with Gasteiger partial charge in [-0.1, -0.05) is 73.7 Å². The molecule has 0 bridgehead atoms. The highest BCUT2D eigenvalue weighted by Crippen LogP contribution is 2.52. The van der Waals surface area contributed by atoms with Crippen LogP contribution in [0.3, 0.4) is 0 Å². The van der Waals surface area contributed by atoms with E-state index in [0.29, 0.717) is 28.4 Å². The highest BCUT2D eigenvalue weighted by molar-refractivity contribution is 7.84.